The third-order valence-corrected chi connectivity index (χ3v) is 6.15. The Hall–Kier alpha value is -4.13. The van der Waals surface area contributed by atoms with Gasteiger partial charge in [0.05, 0.1) is 48.6 Å². The second-order valence-electron chi connectivity index (χ2n) is 8.64. The average molecular weight is 517 g/mol. The fraction of sp³-hybridized carbons (Fsp3) is 0.333. The lowest BCUT2D eigenvalue weighted by molar-refractivity contribution is -0.385. The number of hydrogen-bond acceptors (Lipinski definition) is 8. The number of benzene rings is 2. The summed E-state index contributed by atoms with van der Waals surface area (Å²) in [5.41, 5.74) is -0.524. The maximum atomic E-state index is 13.4. The molecule has 13 heteroatoms. The van der Waals surface area contributed by atoms with Crippen molar-refractivity contribution >= 4 is 28.1 Å². The van der Waals surface area contributed by atoms with Gasteiger partial charge in [-0.2, -0.15) is 13.2 Å². The highest BCUT2D eigenvalue weighted by Crippen LogP contribution is 2.38. The van der Waals surface area contributed by atoms with Crippen molar-refractivity contribution in [1.29, 1.82) is 0 Å². The van der Waals surface area contributed by atoms with Crippen molar-refractivity contribution in [3.8, 4) is 11.5 Å². The predicted molar refractivity (Wildman–Crippen MR) is 127 cm³/mol. The van der Waals surface area contributed by atoms with Crippen LogP contribution in [0.25, 0.3) is 16.6 Å². The predicted octanol–water partition coefficient (Wildman–Crippen LogP) is 5.16. The molecule has 3 heterocycles. The number of hydrogen-bond donors (Lipinski definition) is 1. The zero-order valence-corrected chi connectivity index (χ0v) is 19.8. The number of ether oxygens (including phenoxy) is 3. The highest BCUT2D eigenvalue weighted by atomic mass is 19.4. The molecule has 2 atom stereocenters. The van der Waals surface area contributed by atoms with E-state index in [1.165, 1.54) is 13.3 Å². The first-order valence-corrected chi connectivity index (χ1v) is 11.4. The molecule has 1 aliphatic heterocycles. The number of alkyl halides is 3. The van der Waals surface area contributed by atoms with E-state index in [-0.39, 0.29) is 11.7 Å². The Morgan fingerprint density at radius 2 is 2.05 bits per heavy atom. The molecular weight excluding hydrogens is 495 g/mol. The van der Waals surface area contributed by atoms with Crippen LogP contribution in [0.4, 0.5) is 24.7 Å². The van der Waals surface area contributed by atoms with Crippen LogP contribution in [0.3, 0.4) is 0 Å². The van der Waals surface area contributed by atoms with E-state index in [2.05, 4.69) is 15.3 Å². The summed E-state index contributed by atoms with van der Waals surface area (Å²) in [6.07, 6.45) is -1.06. The molecule has 1 aliphatic rings. The van der Waals surface area contributed by atoms with Gasteiger partial charge in [-0.05, 0) is 24.6 Å². The fourth-order valence-electron chi connectivity index (χ4n) is 4.26. The maximum absolute atomic E-state index is 13.4. The minimum atomic E-state index is -4.74. The Morgan fingerprint density at radius 1 is 1.24 bits per heavy atom. The van der Waals surface area contributed by atoms with Crippen LogP contribution in [-0.4, -0.2) is 45.7 Å². The Labute approximate surface area is 208 Å². The topological polar surface area (TPSA) is 113 Å². The van der Waals surface area contributed by atoms with Gasteiger partial charge in [0.2, 0.25) is 0 Å². The van der Waals surface area contributed by atoms with Crippen LogP contribution in [0.15, 0.2) is 42.9 Å². The summed E-state index contributed by atoms with van der Waals surface area (Å²) in [6, 6.07) is 5.26. The zero-order valence-electron chi connectivity index (χ0n) is 19.8. The zero-order chi connectivity index (χ0) is 26.3. The Kier molecular flexibility index (Phi) is 6.23. The van der Waals surface area contributed by atoms with Gasteiger partial charge in [0.1, 0.15) is 18.2 Å². The monoisotopic (exact) mass is 517 g/mol. The SMILES string of the molecule is COc1cc2c(cc1O[C@H]1CCOC1)c(NC(C)c1cc([N+](=O)[O-])cc(C(F)(F)F)c1)nc1cncn12. The molecule has 37 heavy (non-hydrogen) atoms. The number of nitro benzene ring substituents is 1. The molecule has 1 N–H and O–H groups in total. The molecule has 2 aromatic carbocycles. The Morgan fingerprint density at radius 3 is 2.73 bits per heavy atom. The van der Waals surface area contributed by atoms with Gasteiger partial charge in [0, 0.05) is 30.0 Å². The van der Waals surface area contributed by atoms with Gasteiger partial charge in [0.25, 0.3) is 5.69 Å². The first kappa shape index (κ1) is 24.6. The number of aromatic nitrogens is 3. The second-order valence-corrected chi connectivity index (χ2v) is 8.64. The van der Waals surface area contributed by atoms with Gasteiger partial charge >= 0.3 is 6.18 Å². The number of halogens is 3. The van der Waals surface area contributed by atoms with E-state index in [0.717, 1.165) is 18.6 Å². The molecule has 194 valence electrons. The number of nitro groups is 1. The van der Waals surface area contributed by atoms with E-state index in [0.29, 0.717) is 53.1 Å². The first-order valence-electron chi connectivity index (χ1n) is 11.4. The summed E-state index contributed by atoms with van der Waals surface area (Å²) in [4.78, 5) is 19.2. The van der Waals surface area contributed by atoms with E-state index in [4.69, 9.17) is 14.2 Å². The van der Waals surface area contributed by atoms with E-state index < -0.39 is 28.4 Å². The number of nitrogens with zero attached hydrogens (tertiary/aromatic N) is 4. The summed E-state index contributed by atoms with van der Waals surface area (Å²) < 4.78 is 59.1. The highest BCUT2D eigenvalue weighted by Gasteiger charge is 2.33. The molecule has 0 radical (unpaired) electrons. The van der Waals surface area contributed by atoms with Gasteiger partial charge < -0.3 is 19.5 Å². The standard InChI is InChI=1S/C24H22F3N5O5/c1-13(14-5-15(24(25,26)27)7-16(6-14)32(33)34)29-23-18-8-21(37-17-3-4-36-11-17)20(35-2)9-19(18)31-12-28-10-22(31)30-23/h5-10,12-13,17H,3-4,11H2,1-2H3,(H,29,30)/t13?,17-/m0/s1. The molecule has 1 unspecified atom stereocenters. The van der Waals surface area contributed by atoms with Gasteiger partial charge in [0.15, 0.2) is 17.1 Å². The van der Waals surface area contributed by atoms with E-state index in [9.17, 15) is 23.3 Å². The number of nitrogens with one attached hydrogen (secondary N) is 1. The molecule has 5 rings (SSSR count). The van der Waals surface area contributed by atoms with Crippen LogP contribution in [0, 0.1) is 10.1 Å². The lowest BCUT2D eigenvalue weighted by atomic mass is 10.0. The van der Waals surface area contributed by atoms with Crippen molar-refractivity contribution in [1.82, 2.24) is 14.4 Å². The van der Waals surface area contributed by atoms with E-state index >= 15 is 0 Å². The molecule has 10 nitrogen and oxygen atoms in total. The number of imidazole rings is 1. The van der Waals surface area contributed by atoms with Crippen molar-refractivity contribution in [2.24, 2.45) is 0 Å². The number of methoxy groups -OCH3 is 1. The van der Waals surface area contributed by atoms with Crippen LogP contribution in [-0.2, 0) is 10.9 Å². The summed E-state index contributed by atoms with van der Waals surface area (Å²) >= 11 is 0. The summed E-state index contributed by atoms with van der Waals surface area (Å²) in [5, 5.41) is 15.0. The molecule has 4 aromatic rings. The molecule has 0 aliphatic carbocycles. The van der Waals surface area contributed by atoms with E-state index in [1.54, 1.807) is 29.8 Å². The lowest BCUT2D eigenvalue weighted by Crippen LogP contribution is -2.16. The first-order chi connectivity index (χ1) is 17.6. The van der Waals surface area contributed by atoms with Gasteiger partial charge in [-0.1, -0.05) is 0 Å². The van der Waals surface area contributed by atoms with Crippen LogP contribution in [0.1, 0.15) is 30.5 Å². The molecule has 2 aromatic heterocycles. The summed E-state index contributed by atoms with van der Waals surface area (Å²) in [6.45, 7) is 2.63. The normalized spacial score (nSPS) is 16.7. The quantitative estimate of drug-likeness (QED) is 0.264. The van der Waals surface area contributed by atoms with Gasteiger partial charge in [-0.3, -0.25) is 14.5 Å². The highest BCUT2D eigenvalue weighted by molar-refractivity contribution is 5.94. The van der Waals surface area contributed by atoms with Crippen molar-refractivity contribution < 1.29 is 32.3 Å². The molecule has 0 spiro atoms. The minimum absolute atomic E-state index is 0.0814. The van der Waals surface area contributed by atoms with Crippen LogP contribution >= 0.6 is 0 Å². The summed E-state index contributed by atoms with van der Waals surface area (Å²) in [5.74, 6) is 1.27. The number of fused-ring (bicyclic) bond motifs is 3. The fourth-order valence-corrected chi connectivity index (χ4v) is 4.26. The number of anilines is 1. The van der Waals surface area contributed by atoms with Crippen molar-refractivity contribution in [3.63, 3.8) is 0 Å². The molecule has 0 bridgehead atoms. The van der Waals surface area contributed by atoms with Crippen LogP contribution < -0.4 is 14.8 Å². The smallest absolute Gasteiger partial charge is 0.416 e. The minimum Gasteiger partial charge on any atom is -0.493 e. The molecule has 1 saturated heterocycles. The molecule has 1 fully saturated rings. The summed E-state index contributed by atoms with van der Waals surface area (Å²) in [7, 11) is 1.52. The largest absolute Gasteiger partial charge is 0.493 e. The van der Waals surface area contributed by atoms with Crippen molar-refractivity contribution in [2.45, 2.75) is 31.7 Å². The molecule has 0 amide bonds. The van der Waals surface area contributed by atoms with Crippen LogP contribution in [0.2, 0.25) is 0 Å². The second kappa shape index (κ2) is 9.39. The van der Waals surface area contributed by atoms with Crippen molar-refractivity contribution in [3.05, 3.63) is 64.1 Å². The van der Waals surface area contributed by atoms with Crippen molar-refractivity contribution in [2.75, 3.05) is 25.6 Å². The Balaban J connectivity index is 1.60. The van der Waals surface area contributed by atoms with Gasteiger partial charge in [-0.15, -0.1) is 0 Å². The molecule has 0 saturated carbocycles. The van der Waals surface area contributed by atoms with Gasteiger partial charge in [-0.25, -0.2) is 9.97 Å². The number of non-ortho nitro benzene ring substituents is 1. The average Bonchev–Trinajstić information content (AvgIpc) is 3.55. The van der Waals surface area contributed by atoms with E-state index in [1.807, 2.05) is 0 Å². The Bertz CT molecular complexity index is 1480. The third-order valence-electron chi connectivity index (χ3n) is 6.15. The molecular formula is C24H22F3N5O5. The maximum Gasteiger partial charge on any atom is 0.416 e. The number of rotatable bonds is 7. The lowest BCUT2D eigenvalue weighted by Gasteiger charge is -2.20. The van der Waals surface area contributed by atoms with Crippen LogP contribution in [0.5, 0.6) is 11.5 Å². The third kappa shape index (κ3) is 4.81.